The van der Waals surface area contributed by atoms with E-state index in [2.05, 4.69) is 18.6 Å². The molecule has 2 N–H and O–H groups in total. The van der Waals surface area contributed by atoms with Crippen LogP contribution in [0.2, 0.25) is 0 Å². The van der Waals surface area contributed by atoms with Gasteiger partial charge >= 0.3 is 10.3 Å². The van der Waals surface area contributed by atoms with Crippen molar-refractivity contribution in [3.63, 3.8) is 0 Å². The Balaban J connectivity index is 1.70. The van der Waals surface area contributed by atoms with Gasteiger partial charge in [0.1, 0.15) is 0 Å². The van der Waals surface area contributed by atoms with E-state index in [0.717, 1.165) is 37.7 Å². The van der Waals surface area contributed by atoms with Gasteiger partial charge in [0.25, 0.3) is 0 Å². The summed E-state index contributed by atoms with van der Waals surface area (Å²) in [5.41, 5.74) is 4.09. The maximum Gasteiger partial charge on any atom is 0.380 e. The maximum atomic E-state index is 11.4. The van der Waals surface area contributed by atoms with Crippen molar-refractivity contribution in [2.45, 2.75) is 51.4 Å². The van der Waals surface area contributed by atoms with Crippen molar-refractivity contribution >= 4 is 17.0 Å². The molecule has 4 atom stereocenters. The lowest BCUT2D eigenvalue weighted by Crippen LogP contribution is -2.40. The number of aryl methyl sites for hydroxylation is 1. The van der Waals surface area contributed by atoms with Crippen LogP contribution in [-0.4, -0.2) is 22.2 Å². The van der Waals surface area contributed by atoms with Gasteiger partial charge in [-0.3, -0.25) is 4.99 Å². The Kier molecular flexibility index (Phi) is 4.78. The van der Waals surface area contributed by atoms with Crippen LogP contribution < -0.4 is 14.1 Å². The van der Waals surface area contributed by atoms with Gasteiger partial charge in [0, 0.05) is 6.20 Å². The Morgan fingerprint density at radius 3 is 2.71 bits per heavy atom. The second kappa shape index (κ2) is 6.88. The van der Waals surface area contributed by atoms with Crippen LogP contribution in [0.15, 0.2) is 28.9 Å². The lowest BCUT2D eigenvalue weighted by atomic mass is 9.55. The SMILES string of the molecule is C=N/C=C1\CCC2C3CCc4cc(OS(N)(=O)=O)c(OC)cc4C3CCC12C. The molecule has 0 saturated heterocycles. The third-order valence-corrected chi connectivity index (χ3v) is 7.72. The van der Waals surface area contributed by atoms with E-state index in [1.54, 1.807) is 6.07 Å². The predicted octanol–water partition coefficient (Wildman–Crippen LogP) is 3.72. The molecule has 0 bridgehead atoms. The van der Waals surface area contributed by atoms with Crippen LogP contribution in [0.5, 0.6) is 11.5 Å². The van der Waals surface area contributed by atoms with Crippen LogP contribution in [0.25, 0.3) is 0 Å². The first-order valence-electron chi connectivity index (χ1n) is 9.85. The summed E-state index contributed by atoms with van der Waals surface area (Å²) < 4.78 is 33.2. The number of ether oxygens (including phenoxy) is 1. The molecule has 152 valence electrons. The lowest BCUT2D eigenvalue weighted by molar-refractivity contribution is 0.0812. The van der Waals surface area contributed by atoms with Crippen LogP contribution in [0, 0.1) is 17.3 Å². The Hall–Kier alpha value is -1.86. The first kappa shape index (κ1) is 19.5. The topological polar surface area (TPSA) is 91.0 Å². The molecule has 4 rings (SSSR count). The Bertz CT molecular complexity index is 940. The molecule has 2 saturated carbocycles. The molecule has 2 fully saturated rings. The average Bonchev–Trinajstić information content (AvgIpc) is 2.96. The summed E-state index contributed by atoms with van der Waals surface area (Å²) in [4.78, 5) is 4.05. The molecule has 1 aromatic carbocycles. The van der Waals surface area contributed by atoms with Gasteiger partial charge in [-0.1, -0.05) is 6.92 Å². The molecule has 3 aliphatic carbocycles. The van der Waals surface area contributed by atoms with Gasteiger partial charge in [-0.2, -0.15) is 13.6 Å². The summed E-state index contributed by atoms with van der Waals surface area (Å²) in [5.74, 6) is 2.33. The number of aliphatic imine (C=N–C) groups is 1. The standard InChI is InChI=1S/C21H28N2O4S/c1-21-9-8-15-16(18(21)7-5-14(21)12-23-2)6-4-13-10-20(27-28(22,24)25)19(26-3)11-17(13)15/h10-12,15-16,18H,2,4-9H2,1,3H3,(H2,22,24,25)/b14-12+. The third kappa shape index (κ3) is 3.14. The fourth-order valence-corrected chi connectivity index (χ4v) is 6.48. The minimum atomic E-state index is -4.09. The smallest absolute Gasteiger partial charge is 0.380 e. The number of nitrogens with zero attached hydrogens (tertiary/aromatic N) is 1. The zero-order valence-electron chi connectivity index (χ0n) is 16.5. The summed E-state index contributed by atoms with van der Waals surface area (Å²) in [6.07, 6.45) is 8.56. The van der Waals surface area contributed by atoms with E-state index in [-0.39, 0.29) is 11.2 Å². The largest absolute Gasteiger partial charge is 0.493 e. The third-order valence-electron chi connectivity index (χ3n) is 7.31. The van der Waals surface area contributed by atoms with Crippen molar-refractivity contribution in [3.05, 3.63) is 35.0 Å². The van der Waals surface area contributed by atoms with Crippen molar-refractivity contribution in [2.24, 2.45) is 27.4 Å². The first-order valence-corrected chi connectivity index (χ1v) is 11.3. The number of benzene rings is 1. The van der Waals surface area contributed by atoms with E-state index in [1.165, 1.54) is 24.7 Å². The van der Waals surface area contributed by atoms with Crippen molar-refractivity contribution in [3.8, 4) is 11.5 Å². The molecule has 7 heteroatoms. The van der Waals surface area contributed by atoms with Gasteiger partial charge < -0.3 is 8.92 Å². The molecule has 0 aliphatic heterocycles. The first-order chi connectivity index (χ1) is 13.3. The minimum absolute atomic E-state index is 0.172. The number of nitrogens with two attached hydrogens (primary N) is 1. The van der Waals surface area contributed by atoms with Crippen molar-refractivity contribution in [1.29, 1.82) is 0 Å². The number of rotatable bonds is 4. The summed E-state index contributed by atoms with van der Waals surface area (Å²) in [5, 5.41) is 5.06. The van der Waals surface area contributed by atoms with Gasteiger partial charge in [-0.05, 0) is 97.2 Å². The molecule has 28 heavy (non-hydrogen) atoms. The van der Waals surface area contributed by atoms with E-state index in [9.17, 15) is 8.42 Å². The van der Waals surface area contributed by atoms with Gasteiger partial charge in [0.15, 0.2) is 11.5 Å². The Morgan fingerprint density at radius 1 is 1.25 bits per heavy atom. The molecule has 4 unspecified atom stereocenters. The van der Waals surface area contributed by atoms with Gasteiger partial charge in [0.05, 0.1) is 7.11 Å². The molecule has 0 aromatic heterocycles. The number of fused-ring (bicyclic) bond motifs is 5. The molecule has 0 amide bonds. The van der Waals surface area contributed by atoms with E-state index in [4.69, 9.17) is 14.1 Å². The van der Waals surface area contributed by atoms with Gasteiger partial charge in [-0.25, -0.2) is 0 Å². The second-order valence-electron chi connectivity index (χ2n) is 8.53. The quantitative estimate of drug-likeness (QED) is 0.774. The molecule has 0 radical (unpaired) electrons. The van der Waals surface area contributed by atoms with Crippen LogP contribution in [0.1, 0.15) is 56.1 Å². The summed E-state index contributed by atoms with van der Waals surface area (Å²) >= 11 is 0. The molecule has 0 heterocycles. The van der Waals surface area contributed by atoms with Crippen LogP contribution in [-0.2, 0) is 16.7 Å². The van der Waals surface area contributed by atoms with Gasteiger partial charge in [-0.15, -0.1) is 0 Å². The normalized spacial score (nSPS) is 33.0. The zero-order valence-corrected chi connectivity index (χ0v) is 17.3. The highest BCUT2D eigenvalue weighted by molar-refractivity contribution is 7.84. The van der Waals surface area contributed by atoms with Crippen LogP contribution in [0.4, 0.5) is 0 Å². The van der Waals surface area contributed by atoms with Crippen molar-refractivity contribution in [1.82, 2.24) is 0 Å². The Labute approximate surface area is 167 Å². The molecule has 0 spiro atoms. The number of methoxy groups -OCH3 is 1. The zero-order chi connectivity index (χ0) is 20.1. The molecule has 6 nitrogen and oxygen atoms in total. The van der Waals surface area contributed by atoms with Gasteiger partial charge in [0.2, 0.25) is 0 Å². The fraction of sp³-hybridized carbons (Fsp3) is 0.571. The number of hydrogen-bond donors (Lipinski definition) is 1. The van der Waals surface area contributed by atoms with E-state index in [0.29, 0.717) is 23.5 Å². The number of hydrogen-bond acceptors (Lipinski definition) is 5. The monoisotopic (exact) mass is 404 g/mol. The summed E-state index contributed by atoms with van der Waals surface area (Å²) in [6.45, 7) is 6.05. The second-order valence-corrected chi connectivity index (χ2v) is 9.68. The highest BCUT2D eigenvalue weighted by atomic mass is 32.2. The van der Waals surface area contributed by atoms with E-state index in [1.807, 2.05) is 12.3 Å². The Morgan fingerprint density at radius 2 is 2.04 bits per heavy atom. The van der Waals surface area contributed by atoms with Crippen LogP contribution in [0.3, 0.4) is 0 Å². The highest BCUT2D eigenvalue weighted by Gasteiger charge is 2.52. The fourth-order valence-electron chi connectivity index (χ4n) is 6.10. The highest BCUT2D eigenvalue weighted by Crippen LogP contribution is 2.63. The maximum absolute atomic E-state index is 11.4. The lowest BCUT2D eigenvalue weighted by Gasteiger charge is -2.49. The molecular weight excluding hydrogens is 376 g/mol. The summed E-state index contributed by atoms with van der Waals surface area (Å²) in [6, 6.07) is 3.76. The number of allylic oxidation sites excluding steroid dienone is 1. The van der Waals surface area contributed by atoms with E-state index >= 15 is 0 Å². The van der Waals surface area contributed by atoms with E-state index < -0.39 is 10.3 Å². The molecular formula is C21H28N2O4S. The average molecular weight is 405 g/mol. The minimum Gasteiger partial charge on any atom is -0.493 e. The molecule has 3 aliphatic rings. The van der Waals surface area contributed by atoms with Crippen LogP contribution >= 0.6 is 0 Å². The predicted molar refractivity (Wildman–Crippen MR) is 109 cm³/mol. The van der Waals surface area contributed by atoms with Crippen molar-refractivity contribution < 1.29 is 17.3 Å². The van der Waals surface area contributed by atoms with Crippen molar-refractivity contribution in [2.75, 3.05) is 7.11 Å². The molecule has 1 aromatic rings. The summed E-state index contributed by atoms with van der Waals surface area (Å²) in [7, 11) is -2.57.